The van der Waals surface area contributed by atoms with Gasteiger partial charge in [0.15, 0.2) is 27.3 Å². The van der Waals surface area contributed by atoms with E-state index in [-0.39, 0.29) is 12.7 Å². The minimum Gasteiger partial charge on any atom is -0.490 e. The molecule has 2 heterocycles. The molecule has 2 aromatic carbocycles. The second-order valence-corrected chi connectivity index (χ2v) is 9.20. The molecule has 2 aliphatic rings. The Hall–Kier alpha value is -2.23. The van der Waals surface area contributed by atoms with E-state index in [1.165, 1.54) is 16.7 Å². The van der Waals surface area contributed by atoms with Crippen LogP contribution in [0.4, 0.5) is 5.69 Å². The highest BCUT2D eigenvalue weighted by Gasteiger charge is 2.34. The summed E-state index contributed by atoms with van der Waals surface area (Å²) in [7, 11) is 0. The van der Waals surface area contributed by atoms with Crippen molar-refractivity contribution in [1.29, 1.82) is 0 Å². The number of carbonyl (C=O) groups excluding carboxylic acids is 1. The summed E-state index contributed by atoms with van der Waals surface area (Å²) in [5.41, 5.74) is 1.46. The van der Waals surface area contributed by atoms with Crippen LogP contribution >= 0.6 is 39.9 Å². The molecule has 0 bridgehead atoms. The number of amides is 1. The van der Waals surface area contributed by atoms with Crippen molar-refractivity contribution in [2.45, 2.75) is 20.3 Å². The fraction of sp³-hybridized carbons (Fsp3) is 0.273. The molecular formula is C22H20BrNO5S2. The summed E-state index contributed by atoms with van der Waals surface area (Å²) in [5, 5.41) is 0. The van der Waals surface area contributed by atoms with Crippen molar-refractivity contribution >= 4 is 61.9 Å². The van der Waals surface area contributed by atoms with E-state index >= 15 is 0 Å². The van der Waals surface area contributed by atoms with E-state index in [0.29, 0.717) is 51.1 Å². The molecule has 1 fully saturated rings. The van der Waals surface area contributed by atoms with Crippen molar-refractivity contribution in [2.24, 2.45) is 0 Å². The predicted octanol–water partition coefficient (Wildman–Crippen LogP) is 5.77. The minimum atomic E-state index is -0.186. The summed E-state index contributed by atoms with van der Waals surface area (Å²) in [4.78, 5) is 15.2. The SMILES string of the molecule is CCCOc1c(Br)cc(/C=C2\SC(=S)N(c3ccc4c(c3)OCO4)C2=O)cc1OCC. The van der Waals surface area contributed by atoms with Crippen molar-refractivity contribution in [3.8, 4) is 23.0 Å². The number of thioether (sulfide) groups is 1. The Morgan fingerprint density at radius 3 is 2.77 bits per heavy atom. The normalized spacial score (nSPS) is 16.4. The van der Waals surface area contributed by atoms with E-state index in [4.69, 9.17) is 31.2 Å². The van der Waals surface area contributed by atoms with E-state index < -0.39 is 0 Å². The molecule has 1 saturated heterocycles. The van der Waals surface area contributed by atoms with Gasteiger partial charge in [0.2, 0.25) is 6.79 Å². The van der Waals surface area contributed by atoms with Crippen LogP contribution in [0.5, 0.6) is 23.0 Å². The number of fused-ring (bicyclic) bond motifs is 1. The number of benzene rings is 2. The highest BCUT2D eigenvalue weighted by molar-refractivity contribution is 9.10. The number of hydrogen-bond acceptors (Lipinski definition) is 7. The highest BCUT2D eigenvalue weighted by Crippen LogP contribution is 2.42. The molecule has 9 heteroatoms. The van der Waals surface area contributed by atoms with Gasteiger partial charge in [0, 0.05) is 6.07 Å². The van der Waals surface area contributed by atoms with Gasteiger partial charge >= 0.3 is 0 Å². The Bertz CT molecular complexity index is 1070. The summed E-state index contributed by atoms with van der Waals surface area (Å²) in [5.74, 6) is 2.36. The van der Waals surface area contributed by atoms with E-state index in [0.717, 1.165) is 16.5 Å². The molecule has 1 amide bonds. The van der Waals surface area contributed by atoms with Gasteiger partial charge in [0.1, 0.15) is 0 Å². The summed E-state index contributed by atoms with van der Waals surface area (Å²) >= 11 is 10.3. The number of ether oxygens (including phenoxy) is 4. The van der Waals surface area contributed by atoms with Crippen LogP contribution < -0.4 is 23.8 Å². The summed E-state index contributed by atoms with van der Waals surface area (Å²) < 4.78 is 23.6. The molecule has 0 spiro atoms. The number of thiocarbonyl (C=S) groups is 1. The zero-order valence-electron chi connectivity index (χ0n) is 17.0. The molecule has 0 unspecified atom stereocenters. The molecule has 2 aliphatic heterocycles. The summed E-state index contributed by atoms with van der Waals surface area (Å²) in [6.07, 6.45) is 2.70. The first-order chi connectivity index (χ1) is 15.0. The molecule has 0 radical (unpaired) electrons. The third kappa shape index (κ3) is 4.53. The number of carbonyl (C=O) groups is 1. The van der Waals surface area contributed by atoms with Gasteiger partial charge in [0.05, 0.1) is 28.3 Å². The fourth-order valence-electron chi connectivity index (χ4n) is 3.14. The average molecular weight is 522 g/mol. The van der Waals surface area contributed by atoms with Crippen LogP contribution in [0.3, 0.4) is 0 Å². The maximum Gasteiger partial charge on any atom is 0.270 e. The van der Waals surface area contributed by atoms with Crippen molar-refractivity contribution in [3.05, 3.63) is 45.3 Å². The molecule has 162 valence electrons. The second kappa shape index (κ2) is 9.50. The number of nitrogens with zero attached hydrogens (tertiary/aromatic N) is 1. The van der Waals surface area contributed by atoms with Crippen molar-refractivity contribution < 1.29 is 23.7 Å². The number of halogens is 1. The van der Waals surface area contributed by atoms with Gasteiger partial charge in [-0.05, 0) is 65.2 Å². The smallest absolute Gasteiger partial charge is 0.270 e. The Balaban J connectivity index is 1.63. The van der Waals surface area contributed by atoms with Crippen LogP contribution in [0.25, 0.3) is 6.08 Å². The van der Waals surface area contributed by atoms with Gasteiger partial charge < -0.3 is 18.9 Å². The predicted molar refractivity (Wildman–Crippen MR) is 129 cm³/mol. The Morgan fingerprint density at radius 1 is 1.19 bits per heavy atom. The molecule has 6 nitrogen and oxygen atoms in total. The zero-order valence-corrected chi connectivity index (χ0v) is 20.2. The molecule has 0 aliphatic carbocycles. The highest BCUT2D eigenvalue weighted by atomic mass is 79.9. The van der Waals surface area contributed by atoms with Crippen LogP contribution in [-0.2, 0) is 4.79 Å². The van der Waals surface area contributed by atoms with Crippen LogP contribution in [0.1, 0.15) is 25.8 Å². The number of anilines is 1. The van der Waals surface area contributed by atoms with E-state index in [2.05, 4.69) is 15.9 Å². The van der Waals surface area contributed by atoms with Gasteiger partial charge in [-0.3, -0.25) is 9.69 Å². The Labute approximate surface area is 198 Å². The van der Waals surface area contributed by atoms with Gasteiger partial charge in [-0.2, -0.15) is 0 Å². The number of rotatable bonds is 7. The minimum absolute atomic E-state index is 0.173. The third-order valence-corrected chi connectivity index (χ3v) is 6.38. The quantitative estimate of drug-likeness (QED) is 0.338. The Morgan fingerprint density at radius 2 is 2.00 bits per heavy atom. The van der Waals surface area contributed by atoms with Crippen molar-refractivity contribution in [1.82, 2.24) is 0 Å². The molecular weight excluding hydrogens is 502 g/mol. The van der Waals surface area contributed by atoms with Gasteiger partial charge in [-0.25, -0.2) is 0 Å². The molecule has 2 aromatic rings. The lowest BCUT2D eigenvalue weighted by molar-refractivity contribution is -0.113. The van der Waals surface area contributed by atoms with Crippen LogP contribution in [0.15, 0.2) is 39.7 Å². The lowest BCUT2D eigenvalue weighted by atomic mass is 10.1. The standard InChI is InChI=1S/C22H20BrNO5S2/c1-3-7-27-20-15(23)8-13(9-18(20)26-4-2)10-19-21(25)24(22(30)31-19)14-5-6-16-17(11-14)29-12-28-16/h5-6,8-11H,3-4,7,12H2,1-2H3/b19-10-. The van der Waals surface area contributed by atoms with Crippen molar-refractivity contribution in [2.75, 3.05) is 24.9 Å². The molecule has 4 rings (SSSR count). The van der Waals surface area contributed by atoms with E-state index in [1.54, 1.807) is 18.2 Å². The molecule has 0 atom stereocenters. The maximum atomic E-state index is 13.1. The summed E-state index contributed by atoms with van der Waals surface area (Å²) in [6, 6.07) is 9.11. The van der Waals surface area contributed by atoms with Gasteiger partial charge in [-0.15, -0.1) is 0 Å². The van der Waals surface area contributed by atoms with Gasteiger partial charge in [-0.1, -0.05) is 30.9 Å². The largest absolute Gasteiger partial charge is 0.490 e. The van der Waals surface area contributed by atoms with Gasteiger partial charge in [0.25, 0.3) is 5.91 Å². The maximum absolute atomic E-state index is 13.1. The lowest BCUT2D eigenvalue weighted by Crippen LogP contribution is -2.27. The third-order valence-electron chi connectivity index (χ3n) is 4.49. The van der Waals surface area contributed by atoms with E-state index in [1.807, 2.05) is 32.1 Å². The molecule has 0 saturated carbocycles. The monoisotopic (exact) mass is 521 g/mol. The molecule has 0 aromatic heterocycles. The topological polar surface area (TPSA) is 57.2 Å². The van der Waals surface area contributed by atoms with Crippen LogP contribution in [0.2, 0.25) is 0 Å². The second-order valence-electron chi connectivity index (χ2n) is 6.67. The first-order valence-electron chi connectivity index (χ1n) is 9.78. The fourth-order valence-corrected chi connectivity index (χ4v) is 5.02. The number of hydrogen-bond donors (Lipinski definition) is 0. The van der Waals surface area contributed by atoms with Crippen LogP contribution in [-0.4, -0.2) is 30.2 Å². The molecule has 0 N–H and O–H groups in total. The first kappa shape index (κ1) is 22.0. The summed E-state index contributed by atoms with van der Waals surface area (Å²) in [6.45, 7) is 5.23. The lowest BCUT2D eigenvalue weighted by Gasteiger charge is -2.15. The molecule has 31 heavy (non-hydrogen) atoms. The zero-order chi connectivity index (χ0) is 22.0. The van der Waals surface area contributed by atoms with Crippen LogP contribution in [0, 0.1) is 0 Å². The average Bonchev–Trinajstić information content (AvgIpc) is 3.31. The van der Waals surface area contributed by atoms with Crippen molar-refractivity contribution in [3.63, 3.8) is 0 Å². The van der Waals surface area contributed by atoms with E-state index in [9.17, 15) is 4.79 Å². The first-order valence-corrected chi connectivity index (χ1v) is 11.8. The Kier molecular flexibility index (Phi) is 6.74.